The van der Waals surface area contributed by atoms with E-state index in [1.165, 1.54) is 0 Å². The number of nitriles is 1. The first kappa shape index (κ1) is 6.53. The van der Waals surface area contributed by atoms with Crippen LogP contribution < -0.4 is 5.73 Å². The van der Waals surface area contributed by atoms with Crippen LogP contribution in [0, 0.1) is 11.3 Å². The van der Waals surface area contributed by atoms with Crippen molar-refractivity contribution < 1.29 is 4.74 Å². The van der Waals surface area contributed by atoms with Gasteiger partial charge in [-0.15, -0.1) is 0 Å². The van der Waals surface area contributed by atoms with Crippen LogP contribution in [-0.2, 0) is 4.74 Å². The number of nitrogens with two attached hydrogens (primary N) is 1. The van der Waals surface area contributed by atoms with Crippen molar-refractivity contribution in [1.82, 2.24) is 0 Å². The van der Waals surface area contributed by atoms with Gasteiger partial charge in [0.05, 0.1) is 0 Å². The van der Waals surface area contributed by atoms with E-state index in [1.807, 2.05) is 6.92 Å². The average Bonchev–Trinajstić information content (AvgIpc) is 2.63. The SMILES string of the molecule is CC[C@@H]1O[C@@]1(C#N)CN. The van der Waals surface area contributed by atoms with Crippen molar-refractivity contribution in [3.8, 4) is 6.07 Å². The summed E-state index contributed by atoms with van der Waals surface area (Å²) in [4.78, 5) is 0. The predicted octanol–water partition coefficient (Wildman–Crippen LogP) is 0.0163. The predicted molar refractivity (Wildman–Crippen MR) is 32.6 cm³/mol. The van der Waals surface area contributed by atoms with E-state index in [9.17, 15) is 0 Å². The Morgan fingerprint density at radius 1 is 1.89 bits per heavy atom. The Morgan fingerprint density at radius 3 is 2.67 bits per heavy atom. The second-order valence-corrected chi connectivity index (χ2v) is 2.22. The molecule has 2 atom stereocenters. The maximum absolute atomic E-state index is 8.50. The molecular formula is C6H10N2O. The summed E-state index contributed by atoms with van der Waals surface area (Å²) in [5.41, 5.74) is 4.68. The van der Waals surface area contributed by atoms with Crippen LogP contribution in [0.25, 0.3) is 0 Å². The molecule has 0 aromatic carbocycles. The summed E-state index contributed by atoms with van der Waals surface area (Å²) >= 11 is 0. The molecule has 0 amide bonds. The number of ether oxygens (including phenoxy) is 1. The van der Waals surface area contributed by atoms with Crippen molar-refractivity contribution in [3.63, 3.8) is 0 Å². The molecular weight excluding hydrogens is 116 g/mol. The third kappa shape index (κ3) is 0.805. The van der Waals surface area contributed by atoms with Crippen LogP contribution in [0.1, 0.15) is 13.3 Å². The Morgan fingerprint density at radius 2 is 2.56 bits per heavy atom. The zero-order valence-corrected chi connectivity index (χ0v) is 5.42. The highest BCUT2D eigenvalue weighted by atomic mass is 16.6. The minimum Gasteiger partial charge on any atom is -0.349 e. The lowest BCUT2D eigenvalue weighted by Gasteiger charge is -1.93. The molecule has 0 radical (unpaired) electrons. The summed E-state index contributed by atoms with van der Waals surface area (Å²) in [5.74, 6) is 0. The molecule has 50 valence electrons. The third-order valence-electron chi connectivity index (χ3n) is 1.68. The van der Waals surface area contributed by atoms with Gasteiger partial charge in [0, 0.05) is 6.54 Å². The molecule has 1 aliphatic rings. The van der Waals surface area contributed by atoms with Gasteiger partial charge in [0.15, 0.2) is 5.60 Å². The average molecular weight is 126 g/mol. The van der Waals surface area contributed by atoms with Crippen molar-refractivity contribution in [1.29, 1.82) is 5.26 Å². The van der Waals surface area contributed by atoms with E-state index < -0.39 is 5.60 Å². The molecule has 3 heteroatoms. The molecule has 0 aromatic heterocycles. The minimum atomic E-state index is -0.616. The normalized spacial score (nSPS) is 39.9. The van der Waals surface area contributed by atoms with Crippen molar-refractivity contribution in [2.24, 2.45) is 5.73 Å². The number of epoxide rings is 1. The summed E-state index contributed by atoms with van der Waals surface area (Å²) in [6.45, 7) is 2.31. The van der Waals surface area contributed by atoms with Gasteiger partial charge in [-0.1, -0.05) is 6.92 Å². The van der Waals surface area contributed by atoms with Gasteiger partial charge in [-0.3, -0.25) is 0 Å². The zero-order chi connectivity index (χ0) is 6.91. The summed E-state index contributed by atoms with van der Waals surface area (Å²) in [6.07, 6.45) is 0.970. The fourth-order valence-electron chi connectivity index (χ4n) is 0.956. The minimum absolute atomic E-state index is 0.0903. The fraction of sp³-hybridized carbons (Fsp3) is 0.833. The zero-order valence-electron chi connectivity index (χ0n) is 5.42. The Balaban J connectivity index is 2.50. The summed E-state index contributed by atoms with van der Waals surface area (Å²) in [7, 11) is 0. The van der Waals surface area contributed by atoms with Crippen molar-refractivity contribution in [2.75, 3.05) is 6.54 Å². The Hall–Kier alpha value is -0.590. The molecule has 9 heavy (non-hydrogen) atoms. The van der Waals surface area contributed by atoms with Crippen LogP contribution in [0.4, 0.5) is 0 Å². The van der Waals surface area contributed by atoms with E-state index >= 15 is 0 Å². The Labute approximate surface area is 54.4 Å². The molecule has 1 fully saturated rings. The van der Waals surface area contributed by atoms with Crippen LogP contribution in [0.2, 0.25) is 0 Å². The molecule has 2 N–H and O–H groups in total. The first-order chi connectivity index (χ1) is 4.29. The lowest BCUT2D eigenvalue weighted by Crippen LogP contribution is -2.24. The second kappa shape index (κ2) is 1.98. The number of nitrogens with zero attached hydrogens (tertiary/aromatic N) is 1. The fourth-order valence-corrected chi connectivity index (χ4v) is 0.956. The van der Waals surface area contributed by atoms with Crippen LogP contribution in [-0.4, -0.2) is 18.2 Å². The molecule has 1 saturated heterocycles. The molecule has 0 aromatic rings. The van der Waals surface area contributed by atoms with Gasteiger partial charge < -0.3 is 10.5 Å². The molecule has 0 spiro atoms. The highest BCUT2D eigenvalue weighted by Crippen LogP contribution is 2.36. The van der Waals surface area contributed by atoms with E-state index in [0.717, 1.165) is 6.42 Å². The molecule has 1 heterocycles. The van der Waals surface area contributed by atoms with Crippen LogP contribution in [0.3, 0.4) is 0 Å². The molecule has 0 unspecified atom stereocenters. The van der Waals surface area contributed by atoms with Crippen molar-refractivity contribution in [3.05, 3.63) is 0 Å². The lowest BCUT2D eigenvalue weighted by molar-refractivity contribution is 0.336. The number of hydrogen-bond acceptors (Lipinski definition) is 3. The van der Waals surface area contributed by atoms with Gasteiger partial charge in [-0.05, 0) is 6.42 Å². The largest absolute Gasteiger partial charge is 0.349 e. The van der Waals surface area contributed by atoms with E-state index in [0.29, 0.717) is 6.54 Å². The maximum Gasteiger partial charge on any atom is 0.192 e. The first-order valence-electron chi connectivity index (χ1n) is 3.08. The molecule has 1 aliphatic heterocycles. The smallest absolute Gasteiger partial charge is 0.192 e. The van der Waals surface area contributed by atoms with Crippen molar-refractivity contribution >= 4 is 0 Å². The first-order valence-corrected chi connectivity index (χ1v) is 3.08. The lowest BCUT2D eigenvalue weighted by atomic mass is 10.1. The van der Waals surface area contributed by atoms with Gasteiger partial charge in [-0.25, -0.2) is 0 Å². The Kier molecular flexibility index (Phi) is 1.43. The van der Waals surface area contributed by atoms with Gasteiger partial charge in [0.2, 0.25) is 0 Å². The number of hydrogen-bond donors (Lipinski definition) is 1. The summed E-state index contributed by atoms with van der Waals surface area (Å²) < 4.78 is 5.07. The highest BCUT2D eigenvalue weighted by molar-refractivity contribution is 5.18. The maximum atomic E-state index is 8.50. The molecule has 0 saturated carbocycles. The quantitative estimate of drug-likeness (QED) is 0.530. The van der Waals surface area contributed by atoms with Crippen LogP contribution in [0.5, 0.6) is 0 Å². The van der Waals surface area contributed by atoms with Gasteiger partial charge in [0.1, 0.15) is 12.2 Å². The van der Waals surface area contributed by atoms with E-state index in [1.54, 1.807) is 0 Å². The Bertz CT molecular complexity index is 152. The highest BCUT2D eigenvalue weighted by Gasteiger charge is 2.54. The second-order valence-electron chi connectivity index (χ2n) is 2.22. The molecule has 1 rings (SSSR count). The number of rotatable bonds is 2. The van der Waals surface area contributed by atoms with E-state index in [2.05, 4.69) is 6.07 Å². The summed E-state index contributed by atoms with van der Waals surface area (Å²) in [5, 5.41) is 8.50. The standard InChI is InChI=1S/C6H10N2O/c1-2-5-6(3-7,4-8)9-5/h5H,2-3,7H2,1H3/t5-,6+/m0/s1. The van der Waals surface area contributed by atoms with E-state index in [4.69, 9.17) is 15.7 Å². The van der Waals surface area contributed by atoms with Gasteiger partial charge in [-0.2, -0.15) is 5.26 Å². The monoisotopic (exact) mass is 126 g/mol. The topological polar surface area (TPSA) is 62.3 Å². The van der Waals surface area contributed by atoms with E-state index in [-0.39, 0.29) is 6.10 Å². The van der Waals surface area contributed by atoms with Gasteiger partial charge in [0.25, 0.3) is 0 Å². The van der Waals surface area contributed by atoms with Crippen LogP contribution >= 0.6 is 0 Å². The third-order valence-corrected chi connectivity index (χ3v) is 1.68. The van der Waals surface area contributed by atoms with Gasteiger partial charge >= 0.3 is 0 Å². The van der Waals surface area contributed by atoms with Crippen LogP contribution in [0.15, 0.2) is 0 Å². The molecule has 0 bridgehead atoms. The van der Waals surface area contributed by atoms with Crippen molar-refractivity contribution in [2.45, 2.75) is 25.0 Å². The molecule has 0 aliphatic carbocycles. The summed E-state index contributed by atoms with van der Waals surface area (Å²) in [6, 6.07) is 2.06. The molecule has 3 nitrogen and oxygen atoms in total.